The fourth-order valence-corrected chi connectivity index (χ4v) is 5.66. The maximum atomic E-state index is 11.9. The van der Waals surface area contributed by atoms with E-state index in [9.17, 15) is 4.79 Å². The fourth-order valence-electron chi connectivity index (χ4n) is 2.78. The highest BCUT2D eigenvalue weighted by molar-refractivity contribution is 7.14. The van der Waals surface area contributed by atoms with Crippen LogP contribution in [0.15, 0.2) is 35.3 Å². The van der Waals surface area contributed by atoms with Crippen LogP contribution in [-0.4, -0.2) is 44.6 Å². The number of carbonyl (C=O) groups is 1. The van der Waals surface area contributed by atoms with E-state index in [1.54, 1.807) is 29.8 Å². The van der Waals surface area contributed by atoms with Crippen molar-refractivity contribution < 1.29 is 18.7 Å². The monoisotopic (exact) mass is 520 g/mol. The molecule has 2 rings (SSSR count). The number of allylic oxidation sites excluding steroid dienone is 1. The van der Waals surface area contributed by atoms with Gasteiger partial charge in [-0.3, -0.25) is 0 Å². The van der Waals surface area contributed by atoms with Gasteiger partial charge in [-0.25, -0.2) is 14.8 Å². The van der Waals surface area contributed by atoms with Gasteiger partial charge in [0, 0.05) is 16.7 Å². The molecule has 0 fully saturated rings. The number of rotatable bonds is 10. The van der Waals surface area contributed by atoms with Gasteiger partial charge >= 0.3 is 5.97 Å². The fraction of sp³-hybridized carbons (Fsp3) is 0.480. The van der Waals surface area contributed by atoms with Gasteiger partial charge in [-0.1, -0.05) is 40.3 Å². The lowest BCUT2D eigenvalue weighted by molar-refractivity contribution is -0.135. The first-order chi connectivity index (χ1) is 15.8. The topological polar surface area (TPSA) is 70.5 Å². The third-order valence-corrected chi connectivity index (χ3v) is 12.3. The summed E-state index contributed by atoms with van der Waals surface area (Å²) in [4.78, 5) is 21.2. The van der Waals surface area contributed by atoms with Crippen LogP contribution in [0.5, 0.6) is 0 Å². The van der Waals surface area contributed by atoms with Crippen LogP contribution in [0.4, 0.5) is 0 Å². The summed E-state index contributed by atoms with van der Waals surface area (Å²) >= 11 is 3.12. The summed E-state index contributed by atoms with van der Waals surface area (Å²) in [6.07, 6.45) is 5.04. The number of aromatic nitrogens is 2. The zero-order chi connectivity index (χ0) is 25.7. The van der Waals surface area contributed by atoms with Gasteiger partial charge in [0.2, 0.25) is 0 Å². The second kappa shape index (κ2) is 11.6. The molecule has 0 aromatic carbocycles. The van der Waals surface area contributed by atoms with E-state index in [0.717, 1.165) is 27.0 Å². The number of methoxy groups -OCH3 is 2. The molecule has 6 nitrogen and oxygen atoms in total. The minimum atomic E-state index is -2.12. The summed E-state index contributed by atoms with van der Waals surface area (Å²) in [7, 11) is 0.787. The average Bonchev–Trinajstić information content (AvgIpc) is 3.43. The lowest BCUT2D eigenvalue weighted by Crippen LogP contribution is -2.45. The molecule has 0 aliphatic carbocycles. The van der Waals surface area contributed by atoms with Gasteiger partial charge in [-0.2, -0.15) is 0 Å². The molecule has 34 heavy (non-hydrogen) atoms. The Kier molecular flexibility index (Phi) is 9.59. The van der Waals surface area contributed by atoms with Crippen molar-refractivity contribution in [1.82, 2.24) is 9.97 Å². The first kappa shape index (κ1) is 28.2. The van der Waals surface area contributed by atoms with Gasteiger partial charge < -0.3 is 13.9 Å². The van der Waals surface area contributed by atoms with Gasteiger partial charge in [0.1, 0.15) is 21.5 Å². The highest BCUT2D eigenvalue weighted by Crippen LogP contribution is 2.39. The van der Waals surface area contributed by atoms with Crippen LogP contribution in [0.2, 0.25) is 18.1 Å². The van der Waals surface area contributed by atoms with Gasteiger partial charge in [0.25, 0.3) is 0 Å². The number of esters is 1. The Morgan fingerprint density at radius 3 is 2.35 bits per heavy atom. The summed E-state index contributed by atoms with van der Waals surface area (Å²) < 4.78 is 17.1. The smallest absolute Gasteiger partial charge is 0.333 e. The molecule has 0 saturated carbocycles. The highest BCUT2D eigenvalue weighted by atomic mass is 32.1. The van der Waals surface area contributed by atoms with Crippen LogP contribution < -0.4 is 0 Å². The van der Waals surface area contributed by atoms with E-state index < -0.39 is 14.3 Å². The van der Waals surface area contributed by atoms with E-state index in [1.165, 1.54) is 13.2 Å². The Morgan fingerprint density at radius 2 is 1.82 bits per heavy atom. The van der Waals surface area contributed by atoms with Gasteiger partial charge in [0.15, 0.2) is 8.32 Å². The van der Waals surface area contributed by atoms with Crippen molar-refractivity contribution in [3.05, 3.63) is 46.0 Å². The zero-order valence-electron chi connectivity index (χ0n) is 21.6. The van der Waals surface area contributed by atoms with Crippen molar-refractivity contribution in [2.75, 3.05) is 14.2 Å². The van der Waals surface area contributed by atoms with Crippen molar-refractivity contribution in [2.24, 2.45) is 5.92 Å². The molecule has 0 bridgehead atoms. The predicted octanol–water partition coefficient (Wildman–Crippen LogP) is 7.04. The number of hydrogen-bond donors (Lipinski definition) is 0. The molecule has 0 spiro atoms. The van der Waals surface area contributed by atoms with Crippen molar-refractivity contribution in [3.63, 3.8) is 0 Å². The second-order valence-electron chi connectivity index (χ2n) is 9.66. The Morgan fingerprint density at radius 1 is 1.15 bits per heavy atom. The standard InChI is InChI=1S/C25H36N2O4S2Si/c1-16(2)23-27-19(15-33-23)24-26-18(14-32-24)11-12-20(31-34(9,10)25(4,5)6)17(3)21(29-7)13-22(28)30-8/h11-15,17,20H,1H2,2-10H3/b12-11-,21-13+/t17-,20+/m1/s1. The molecule has 186 valence electrons. The SMILES string of the molecule is C=C(C)c1nc(-c2nc(/C=C\[C@H](O[Si](C)(C)C(C)(C)C)[C@@H](C)/C(=C\C(=O)OC)OC)cs2)cs1. The Bertz CT molecular complexity index is 1060. The van der Waals surface area contributed by atoms with Crippen LogP contribution >= 0.6 is 22.7 Å². The van der Waals surface area contributed by atoms with Crippen molar-refractivity contribution >= 4 is 48.6 Å². The molecule has 0 saturated heterocycles. The van der Waals surface area contributed by atoms with E-state index in [4.69, 9.17) is 18.9 Å². The minimum Gasteiger partial charge on any atom is -0.500 e. The zero-order valence-corrected chi connectivity index (χ0v) is 24.2. The summed E-state index contributed by atoms with van der Waals surface area (Å²) in [5.41, 5.74) is 2.64. The number of ether oxygens (including phenoxy) is 2. The normalized spacial score (nSPS) is 14.8. The maximum absolute atomic E-state index is 11.9. The first-order valence-electron chi connectivity index (χ1n) is 11.1. The van der Waals surface area contributed by atoms with Gasteiger partial charge in [0.05, 0.1) is 32.1 Å². The molecule has 9 heteroatoms. The maximum Gasteiger partial charge on any atom is 0.333 e. The summed E-state index contributed by atoms with van der Waals surface area (Å²) in [5, 5.41) is 5.81. The first-order valence-corrected chi connectivity index (χ1v) is 15.7. The lowest BCUT2D eigenvalue weighted by atomic mass is 10.0. The summed E-state index contributed by atoms with van der Waals surface area (Å²) in [6.45, 7) is 18.9. The third-order valence-electron chi connectivity index (χ3n) is 5.94. The molecule has 2 atom stereocenters. The van der Waals surface area contributed by atoms with E-state index >= 15 is 0 Å². The largest absolute Gasteiger partial charge is 0.500 e. The number of thiazole rings is 2. The van der Waals surface area contributed by atoms with Crippen LogP contribution in [0.25, 0.3) is 22.4 Å². The molecule has 0 amide bonds. The Labute approximate surface area is 212 Å². The molecule has 2 aromatic heterocycles. The molecule has 0 aliphatic heterocycles. The predicted molar refractivity (Wildman–Crippen MR) is 145 cm³/mol. The van der Waals surface area contributed by atoms with E-state index in [0.29, 0.717) is 5.76 Å². The van der Waals surface area contributed by atoms with Gasteiger partial charge in [-0.15, -0.1) is 22.7 Å². The van der Waals surface area contributed by atoms with E-state index in [2.05, 4.69) is 45.4 Å². The lowest BCUT2D eigenvalue weighted by Gasteiger charge is -2.40. The van der Waals surface area contributed by atoms with Crippen molar-refractivity contribution in [1.29, 1.82) is 0 Å². The number of nitrogens with zero attached hydrogens (tertiary/aromatic N) is 2. The minimum absolute atomic E-state index is 0.0253. The molecule has 0 aliphatic rings. The van der Waals surface area contributed by atoms with Gasteiger partial charge in [-0.05, 0) is 36.7 Å². The number of carbonyl (C=O) groups excluding carboxylic acids is 1. The Hall–Kier alpha value is -2.07. The molecule has 0 radical (unpaired) electrons. The second-order valence-corrected chi connectivity index (χ2v) is 16.1. The average molecular weight is 521 g/mol. The van der Waals surface area contributed by atoms with Crippen LogP contribution in [0, 0.1) is 5.92 Å². The van der Waals surface area contributed by atoms with Crippen LogP contribution in [-0.2, 0) is 18.7 Å². The van der Waals surface area contributed by atoms with Crippen LogP contribution in [0.3, 0.4) is 0 Å². The number of hydrogen-bond acceptors (Lipinski definition) is 8. The quantitative estimate of drug-likeness (QED) is 0.145. The molecule has 0 N–H and O–H groups in total. The highest BCUT2D eigenvalue weighted by Gasteiger charge is 2.40. The molecule has 2 aromatic rings. The molecule has 2 heterocycles. The summed E-state index contributed by atoms with van der Waals surface area (Å²) in [5.74, 6) is -0.154. The molecular weight excluding hydrogens is 485 g/mol. The van der Waals surface area contributed by atoms with Crippen molar-refractivity contribution in [3.8, 4) is 10.7 Å². The third kappa shape index (κ3) is 7.21. The van der Waals surface area contributed by atoms with E-state index in [1.807, 2.05) is 36.8 Å². The summed E-state index contributed by atoms with van der Waals surface area (Å²) in [6, 6.07) is 0. The molecular formula is C25H36N2O4S2Si. The molecule has 0 unspecified atom stereocenters. The van der Waals surface area contributed by atoms with E-state index in [-0.39, 0.29) is 17.1 Å². The van der Waals surface area contributed by atoms with Crippen molar-refractivity contribution in [2.45, 2.75) is 58.9 Å². The van der Waals surface area contributed by atoms with Crippen LogP contribution in [0.1, 0.15) is 45.3 Å². The Balaban J connectivity index is 2.35.